The SMILES string of the molecule is CCN1CCCC1CNC(=O)N1CC(C(=O)O)C1. The molecule has 18 heavy (non-hydrogen) atoms. The summed E-state index contributed by atoms with van der Waals surface area (Å²) in [5.41, 5.74) is 0. The van der Waals surface area contributed by atoms with E-state index in [2.05, 4.69) is 17.1 Å². The Kier molecular flexibility index (Phi) is 4.06. The summed E-state index contributed by atoms with van der Waals surface area (Å²) in [5.74, 6) is -1.19. The van der Waals surface area contributed by atoms with Gasteiger partial charge in [0.15, 0.2) is 0 Å². The summed E-state index contributed by atoms with van der Waals surface area (Å²) in [5, 5.41) is 11.6. The van der Waals surface area contributed by atoms with Crippen LogP contribution in [0, 0.1) is 5.92 Å². The van der Waals surface area contributed by atoms with Crippen LogP contribution in [0.4, 0.5) is 4.79 Å². The Morgan fingerprint density at radius 2 is 2.11 bits per heavy atom. The number of carbonyl (C=O) groups is 2. The lowest BCUT2D eigenvalue weighted by molar-refractivity contribution is -0.146. The number of likely N-dealkylation sites (N-methyl/N-ethyl adjacent to an activating group) is 1. The maximum absolute atomic E-state index is 11.7. The quantitative estimate of drug-likeness (QED) is 0.752. The van der Waals surface area contributed by atoms with Gasteiger partial charge in [-0.1, -0.05) is 6.92 Å². The van der Waals surface area contributed by atoms with E-state index in [0.717, 1.165) is 19.5 Å². The first kappa shape index (κ1) is 13.1. The van der Waals surface area contributed by atoms with Crippen LogP contribution in [0.15, 0.2) is 0 Å². The van der Waals surface area contributed by atoms with Crippen molar-refractivity contribution in [2.75, 3.05) is 32.7 Å². The highest BCUT2D eigenvalue weighted by atomic mass is 16.4. The minimum absolute atomic E-state index is 0.129. The molecule has 0 aromatic heterocycles. The highest BCUT2D eigenvalue weighted by Crippen LogP contribution is 2.17. The minimum Gasteiger partial charge on any atom is -0.481 e. The van der Waals surface area contributed by atoms with Crippen molar-refractivity contribution in [2.45, 2.75) is 25.8 Å². The summed E-state index contributed by atoms with van der Waals surface area (Å²) >= 11 is 0. The Bertz CT molecular complexity index is 329. The second kappa shape index (κ2) is 5.56. The van der Waals surface area contributed by atoms with E-state index in [9.17, 15) is 9.59 Å². The number of nitrogens with zero attached hydrogens (tertiary/aromatic N) is 2. The monoisotopic (exact) mass is 255 g/mol. The number of carboxylic acids is 1. The van der Waals surface area contributed by atoms with E-state index >= 15 is 0 Å². The third-order valence-electron chi connectivity index (χ3n) is 3.91. The fraction of sp³-hybridized carbons (Fsp3) is 0.833. The van der Waals surface area contributed by atoms with Crippen LogP contribution in [0.5, 0.6) is 0 Å². The Morgan fingerprint density at radius 1 is 1.39 bits per heavy atom. The number of hydrogen-bond acceptors (Lipinski definition) is 3. The molecule has 0 aromatic carbocycles. The van der Waals surface area contributed by atoms with E-state index in [1.807, 2.05) is 0 Å². The smallest absolute Gasteiger partial charge is 0.317 e. The molecule has 2 saturated heterocycles. The topological polar surface area (TPSA) is 72.9 Å². The molecule has 0 spiro atoms. The summed E-state index contributed by atoms with van der Waals surface area (Å²) in [6.45, 7) is 5.60. The van der Waals surface area contributed by atoms with Gasteiger partial charge in [0.2, 0.25) is 0 Å². The van der Waals surface area contributed by atoms with Crippen LogP contribution >= 0.6 is 0 Å². The van der Waals surface area contributed by atoms with Crippen LogP contribution in [0.25, 0.3) is 0 Å². The highest BCUT2D eigenvalue weighted by molar-refractivity contribution is 5.79. The Labute approximate surface area is 107 Å². The third kappa shape index (κ3) is 2.75. The molecule has 6 nitrogen and oxygen atoms in total. The van der Waals surface area contributed by atoms with E-state index in [4.69, 9.17) is 5.11 Å². The summed E-state index contributed by atoms with van der Waals surface area (Å²) in [6, 6.07) is 0.311. The zero-order valence-corrected chi connectivity index (χ0v) is 10.8. The summed E-state index contributed by atoms with van der Waals surface area (Å²) in [6.07, 6.45) is 2.32. The third-order valence-corrected chi connectivity index (χ3v) is 3.91. The van der Waals surface area contributed by atoms with Crippen molar-refractivity contribution >= 4 is 12.0 Å². The van der Waals surface area contributed by atoms with Gasteiger partial charge in [-0.3, -0.25) is 9.69 Å². The predicted molar refractivity (Wildman–Crippen MR) is 66.4 cm³/mol. The second-order valence-electron chi connectivity index (χ2n) is 5.05. The molecule has 0 radical (unpaired) electrons. The van der Waals surface area contributed by atoms with Crippen molar-refractivity contribution in [1.29, 1.82) is 0 Å². The van der Waals surface area contributed by atoms with Crippen LogP contribution in [0.2, 0.25) is 0 Å². The summed E-state index contributed by atoms with van der Waals surface area (Å²) in [4.78, 5) is 26.3. The lowest BCUT2D eigenvalue weighted by Crippen LogP contribution is -2.57. The standard InChI is InChI=1S/C12H21N3O3/c1-2-14-5-3-4-10(14)6-13-12(18)15-7-9(8-15)11(16)17/h9-10H,2-8H2,1H3,(H,13,18)(H,16,17). The molecule has 6 heteroatoms. The molecule has 2 rings (SSSR count). The molecule has 0 aromatic rings. The number of urea groups is 1. The molecule has 1 atom stereocenters. The Balaban J connectivity index is 1.68. The van der Waals surface area contributed by atoms with Gasteiger partial charge in [0.1, 0.15) is 0 Å². The average Bonchev–Trinajstić information content (AvgIpc) is 2.70. The van der Waals surface area contributed by atoms with Crippen LogP contribution in [0.1, 0.15) is 19.8 Å². The maximum Gasteiger partial charge on any atom is 0.317 e. The molecule has 0 aliphatic carbocycles. The van der Waals surface area contributed by atoms with Crippen LogP contribution in [-0.2, 0) is 4.79 Å². The Morgan fingerprint density at radius 3 is 2.72 bits per heavy atom. The second-order valence-corrected chi connectivity index (χ2v) is 5.05. The zero-order valence-electron chi connectivity index (χ0n) is 10.8. The fourth-order valence-electron chi connectivity index (χ4n) is 2.66. The van der Waals surface area contributed by atoms with Gasteiger partial charge in [-0.15, -0.1) is 0 Å². The normalized spacial score (nSPS) is 24.9. The van der Waals surface area contributed by atoms with Crippen molar-refractivity contribution in [1.82, 2.24) is 15.1 Å². The van der Waals surface area contributed by atoms with Crippen LogP contribution in [0.3, 0.4) is 0 Å². The molecule has 2 aliphatic rings. The van der Waals surface area contributed by atoms with Crippen LogP contribution in [-0.4, -0.2) is 65.7 Å². The zero-order chi connectivity index (χ0) is 13.1. The molecule has 2 aliphatic heterocycles. The van der Waals surface area contributed by atoms with Crippen molar-refractivity contribution in [3.63, 3.8) is 0 Å². The molecule has 2 fully saturated rings. The van der Waals surface area contributed by atoms with E-state index in [1.54, 1.807) is 4.90 Å². The van der Waals surface area contributed by atoms with Gasteiger partial charge >= 0.3 is 12.0 Å². The number of rotatable bonds is 4. The van der Waals surface area contributed by atoms with E-state index in [1.165, 1.54) is 6.42 Å². The summed E-state index contributed by atoms with van der Waals surface area (Å²) < 4.78 is 0. The molecule has 0 saturated carbocycles. The number of carbonyl (C=O) groups excluding carboxylic acids is 1. The number of aliphatic carboxylic acids is 1. The number of nitrogens with one attached hydrogen (secondary N) is 1. The summed E-state index contributed by atoms with van der Waals surface area (Å²) in [7, 11) is 0. The van der Waals surface area contributed by atoms with Gasteiger partial charge in [0.25, 0.3) is 0 Å². The predicted octanol–water partition coefficient (Wildman–Crippen LogP) is 0.197. The lowest BCUT2D eigenvalue weighted by atomic mass is 10.0. The van der Waals surface area contributed by atoms with E-state index < -0.39 is 5.97 Å². The molecular formula is C12H21N3O3. The first-order valence-electron chi connectivity index (χ1n) is 6.61. The molecule has 102 valence electrons. The van der Waals surface area contributed by atoms with E-state index in [0.29, 0.717) is 25.7 Å². The van der Waals surface area contributed by atoms with Crippen molar-refractivity contribution < 1.29 is 14.7 Å². The van der Waals surface area contributed by atoms with E-state index in [-0.39, 0.29) is 11.9 Å². The fourth-order valence-corrected chi connectivity index (χ4v) is 2.66. The van der Waals surface area contributed by atoms with Crippen molar-refractivity contribution in [3.05, 3.63) is 0 Å². The first-order valence-corrected chi connectivity index (χ1v) is 6.61. The Hall–Kier alpha value is -1.30. The molecule has 1 unspecified atom stereocenters. The number of carboxylic acid groups (broad SMARTS) is 1. The highest BCUT2D eigenvalue weighted by Gasteiger charge is 2.35. The number of hydrogen-bond donors (Lipinski definition) is 2. The van der Waals surface area contributed by atoms with Gasteiger partial charge < -0.3 is 15.3 Å². The van der Waals surface area contributed by atoms with Gasteiger partial charge in [0, 0.05) is 25.7 Å². The minimum atomic E-state index is -0.813. The van der Waals surface area contributed by atoms with Gasteiger partial charge in [-0.25, -0.2) is 4.79 Å². The van der Waals surface area contributed by atoms with Gasteiger partial charge in [-0.2, -0.15) is 0 Å². The van der Waals surface area contributed by atoms with Crippen LogP contribution < -0.4 is 5.32 Å². The van der Waals surface area contributed by atoms with Crippen molar-refractivity contribution in [3.8, 4) is 0 Å². The molecular weight excluding hydrogens is 234 g/mol. The molecule has 0 bridgehead atoms. The van der Waals surface area contributed by atoms with Crippen molar-refractivity contribution in [2.24, 2.45) is 5.92 Å². The molecule has 2 amide bonds. The largest absolute Gasteiger partial charge is 0.481 e. The number of likely N-dealkylation sites (tertiary alicyclic amines) is 2. The molecule has 2 heterocycles. The number of amides is 2. The van der Waals surface area contributed by atoms with Gasteiger partial charge in [-0.05, 0) is 25.9 Å². The van der Waals surface area contributed by atoms with Gasteiger partial charge in [0.05, 0.1) is 5.92 Å². The maximum atomic E-state index is 11.7. The molecule has 2 N–H and O–H groups in total. The average molecular weight is 255 g/mol. The first-order chi connectivity index (χ1) is 8.61. The lowest BCUT2D eigenvalue weighted by Gasteiger charge is -2.37.